The summed E-state index contributed by atoms with van der Waals surface area (Å²) in [5.41, 5.74) is 1.69. The molecule has 2 saturated carbocycles. The van der Waals surface area contributed by atoms with Crippen molar-refractivity contribution in [2.45, 2.75) is 94.7 Å². The van der Waals surface area contributed by atoms with E-state index in [1.165, 1.54) is 39.2 Å². The topological polar surface area (TPSA) is 101 Å². The van der Waals surface area contributed by atoms with Crippen molar-refractivity contribution in [2.75, 3.05) is 12.4 Å². The van der Waals surface area contributed by atoms with Crippen LogP contribution >= 0.6 is 11.3 Å². The van der Waals surface area contributed by atoms with Crippen LogP contribution in [0.3, 0.4) is 0 Å². The first-order chi connectivity index (χ1) is 16.3. The Morgan fingerprint density at radius 1 is 1.12 bits per heavy atom. The number of thiazole rings is 1. The zero-order valence-electron chi connectivity index (χ0n) is 20.3. The van der Waals surface area contributed by atoms with Crippen LogP contribution in [0.25, 0.3) is 10.4 Å². The van der Waals surface area contributed by atoms with Gasteiger partial charge in [0.2, 0.25) is 10.0 Å². The van der Waals surface area contributed by atoms with Gasteiger partial charge in [0.05, 0.1) is 23.8 Å². The summed E-state index contributed by atoms with van der Waals surface area (Å²) in [5, 5.41) is 14.2. The van der Waals surface area contributed by atoms with Gasteiger partial charge >= 0.3 is 0 Å². The SMILES string of the molecule is COc1ccc(-c2sc(N[C@H](C)C3CCCCC3)nc2C)cc1S(=O)(=O)NC1CCC(O)CC1. The fraction of sp³-hybridized carbons (Fsp3) is 0.640. The Kier molecular flexibility index (Phi) is 8.17. The fourth-order valence-corrected chi connectivity index (χ4v) is 7.74. The van der Waals surface area contributed by atoms with Crippen molar-refractivity contribution < 1.29 is 18.3 Å². The fourth-order valence-electron chi connectivity index (χ4n) is 5.18. The second kappa shape index (κ2) is 10.9. The van der Waals surface area contributed by atoms with Gasteiger partial charge in [-0.05, 0) is 82.1 Å². The van der Waals surface area contributed by atoms with E-state index >= 15 is 0 Å². The van der Waals surface area contributed by atoms with E-state index in [9.17, 15) is 13.5 Å². The minimum atomic E-state index is -3.78. The number of hydrogen-bond acceptors (Lipinski definition) is 7. The van der Waals surface area contributed by atoms with Crippen LogP contribution in [0.2, 0.25) is 0 Å². The van der Waals surface area contributed by atoms with Crippen molar-refractivity contribution in [3.8, 4) is 16.2 Å². The molecular formula is C25H37N3O4S2. The van der Waals surface area contributed by atoms with Gasteiger partial charge in [0.25, 0.3) is 0 Å². The van der Waals surface area contributed by atoms with E-state index in [-0.39, 0.29) is 17.0 Å². The van der Waals surface area contributed by atoms with Gasteiger partial charge in [-0.3, -0.25) is 0 Å². The van der Waals surface area contributed by atoms with Crippen LogP contribution in [0, 0.1) is 12.8 Å². The molecule has 1 aromatic carbocycles. The van der Waals surface area contributed by atoms with Crippen LogP contribution in [-0.2, 0) is 10.0 Å². The first-order valence-corrected chi connectivity index (χ1v) is 14.7. The Morgan fingerprint density at radius 3 is 2.50 bits per heavy atom. The first-order valence-electron chi connectivity index (χ1n) is 12.4. The highest BCUT2D eigenvalue weighted by Crippen LogP contribution is 2.38. The van der Waals surface area contributed by atoms with Gasteiger partial charge in [0, 0.05) is 12.1 Å². The molecule has 1 heterocycles. The van der Waals surface area contributed by atoms with E-state index in [0.29, 0.717) is 43.4 Å². The molecule has 34 heavy (non-hydrogen) atoms. The van der Waals surface area contributed by atoms with Crippen molar-refractivity contribution in [1.29, 1.82) is 0 Å². The van der Waals surface area contributed by atoms with Crippen LogP contribution in [0.1, 0.15) is 70.4 Å². The van der Waals surface area contributed by atoms with Crippen molar-refractivity contribution in [1.82, 2.24) is 9.71 Å². The number of benzene rings is 1. The number of nitrogens with one attached hydrogen (secondary N) is 2. The number of aromatic nitrogens is 1. The maximum Gasteiger partial charge on any atom is 0.244 e. The van der Waals surface area contributed by atoms with Gasteiger partial charge in [0.1, 0.15) is 10.6 Å². The Bertz CT molecular complexity index is 1070. The molecule has 0 unspecified atom stereocenters. The Labute approximate surface area is 207 Å². The highest BCUT2D eigenvalue weighted by molar-refractivity contribution is 7.89. The van der Waals surface area contributed by atoms with Crippen LogP contribution < -0.4 is 14.8 Å². The smallest absolute Gasteiger partial charge is 0.244 e. The predicted octanol–water partition coefficient (Wildman–Crippen LogP) is 5.09. The lowest BCUT2D eigenvalue weighted by molar-refractivity contribution is 0.120. The Hall–Kier alpha value is -1.68. The largest absolute Gasteiger partial charge is 0.495 e. The first kappa shape index (κ1) is 25.4. The van der Waals surface area contributed by atoms with Gasteiger partial charge in [-0.1, -0.05) is 30.6 Å². The molecule has 2 fully saturated rings. The molecule has 3 N–H and O–H groups in total. The van der Waals surface area contributed by atoms with Crippen LogP contribution in [0.15, 0.2) is 23.1 Å². The molecule has 0 saturated heterocycles. The summed E-state index contributed by atoms with van der Waals surface area (Å²) >= 11 is 1.57. The molecule has 2 aromatic rings. The maximum absolute atomic E-state index is 13.3. The lowest BCUT2D eigenvalue weighted by Gasteiger charge is -2.28. The van der Waals surface area contributed by atoms with Gasteiger partial charge in [-0.25, -0.2) is 18.1 Å². The van der Waals surface area contributed by atoms with Crippen LogP contribution in [-0.4, -0.2) is 43.8 Å². The average Bonchev–Trinajstić information content (AvgIpc) is 3.20. The van der Waals surface area contributed by atoms with Gasteiger partial charge in [-0.15, -0.1) is 0 Å². The van der Waals surface area contributed by atoms with E-state index in [2.05, 4.69) is 17.0 Å². The number of anilines is 1. The highest BCUT2D eigenvalue weighted by atomic mass is 32.2. The summed E-state index contributed by atoms with van der Waals surface area (Å²) < 4.78 is 34.8. The lowest BCUT2D eigenvalue weighted by Crippen LogP contribution is -2.38. The minimum Gasteiger partial charge on any atom is -0.495 e. The van der Waals surface area contributed by atoms with E-state index in [1.54, 1.807) is 23.5 Å². The summed E-state index contributed by atoms with van der Waals surface area (Å²) in [6.07, 6.45) is 8.61. The normalized spacial score (nSPS) is 22.9. The zero-order chi connectivity index (χ0) is 24.3. The summed E-state index contributed by atoms with van der Waals surface area (Å²) in [6.45, 7) is 4.20. The number of ether oxygens (including phenoxy) is 1. The molecule has 2 aliphatic carbocycles. The van der Waals surface area contributed by atoms with Crippen molar-refractivity contribution in [3.05, 3.63) is 23.9 Å². The standard InChI is InChI=1S/C25H37N3O4S2/c1-16(18-7-5-4-6-8-18)26-25-27-17(2)24(33-25)19-9-14-22(32-3)23(15-19)34(30,31)28-20-10-12-21(29)13-11-20/h9,14-16,18,20-21,28-29H,4-8,10-13H2,1-3H3,(H,26,27)/t16-,20?,21?/m1/s1. The molecule has 0 spiro atoms. The molecule has 4 rings (SSSR count). The van der Waals surface area contributed by atoms with E-state index in [4.69, 9.17) is 9.72 Å². The van der Waals surface area contributed by atoms with Crippen molar-refractivity contribution >= 4 is 26.5 Å². The summed E-state index contributed by atoms with van der Waals surface area (Å²) in [6, 6.07) is 5.48. The van der Waals surface area contributed by atoms with E-state index in [0.717, 1.165) is 21.3 Å². The Morgan fingerprint density at radius 2 is 1.82 bits per heavy atom. The van der Waals surface area contributed by atoms with Gasteiger partial charge < -0.3 is 15.2 Å². The summed E-state index contributed by atoms with van der Waals surface area (Å²) in [7, 11) is -2.29. The third-order valence-electron chi connectivity index (χ3n) is 7.24. The number of nitrogens with zero attached hydrogens (tertiary/aromatic N) is 1. The molecule has 0 aliphatic heterocycles. The number of aryl methyl sites for hydroxylation is 1. The second-order valence-electron chi connectivity index (χ2n) is 9.76. The molecule has 1 aromatic heterocycles. The Balaban J connectivity index is 1.55. The molecule has 9 heteroatoms. The van der Waals surface area contributed by atoms with Gasteiger partial charge in [-0.2, -0.15) is 0 Å². The lowest BCUT2D eigenvalue weighted by atomic mass is 9.85. The van der Waals surface area contributed by atoms with E-state index < -0.39 is 10.0 Å². The second-order valence-corrected chi connectivity index (χ2v) is 12.4. The van der Waals surface area contributed by atoms with Crippen LogP contribution in [0.5, 0.6) is 5.75 Å². The molecule has 0 amide bonds. The number of aliphatic hydroxyl groups is 1. The number of hydrogen-bond donors (Lipinski definition) is 3. The number of sulfonamides is 1. The number of aliphatic hydroxyl groups excluding tert-OH is 1. The third kappa shape index (κ3) is 5.93. The third-order valence-corrected chi connectivity index (χ3v) is 9.92. The predicted molar refractivity (Wildman–Crippen MR) is 137 cm³/mol. The number of methoxy groups -OCH3 is 1. The van der Waals surface area contributed by atoms with Crippen LogP contribution in [0.4, 0.5) is 5.13 Å². The summed E-state index contributed by atoms with van der Waals surface area (Å²) in [4.78, 5) is 5.84. The van der Waals surface area contributed by atoms with E-state index in [1.807, 2.05) is 13.0 Å². The highest BCUT2D eigenvalue weighted by Gasteiger charge is 2.28. The molecule has 188 valence electrons. The van der Waals surface area contributed by atoms with Crippen molar-refractivity contribution in [3.63, 3.8) is 0 Å². The van der Waals surface area contributed by atoms with Crippen molar-refractivity contribution in [2.24, 2.45) is 5.92 Å². The molecule has 7 nitrogen and oxygen atoms in total. The quantitative estimate of drug-likeness (QED) is 0.460. The zero-order valence-corrected chi connectivity index (χ0v) is 22.0. The molecule has 0 bridgehead atoms. The number of rotatable bonds is 8. The van der Waals surface area contributed by atoms with Gasteiger partial charge in [0.15, 0.2) is 5.13 Å². The summed E-state index contributed by atoms with van der Waals surface area (Å²) in [5.74, 6) is 0.990. The molecule has 2 aliphatic rings. The average molecular weight is 508 g/mol. The maximum atomic E-state index is 13.3. The molecule has 1 atom stereocenters. The monoisotopic (exact) mass is 507 g/mol. The minimum absolute atomic E-state index is 0.136. The molecule has 0 radical (unpaired) electrons. The molecular weight excluding hydrogens is 470 g/mol.